The van der Waals surface area contributed by atoms with Gasteiger partial charge in [-0.1, -0.05) is 42.5 Å². The van der Waals surface area contributed by atoms with Crippen molar-refractivity contribution < 1.29 is 22.6 Å². The van der Waals surface area contributed by atoms with Gasteiger partial charge in [-0.15, -0.1) is 0 Å². The fraction of sp³-hybridized carbons (Fsp3) is 0.0714. The zero-order valence-electron chi connectivity index (χ0n) is 18.0. The molecule has 5 rings (SSSR count). The molecule has 0 bridgehead atoms. The van der Waals surface area contributed by atoms with Crippen LogP contribution in [-0.2, 0) is 0 Å². The van der Waals surface area contributed by atoms with Crippen LogP contribution < -0.4 is 9.47 Å². The van der Waals surface area contributed by atoms with E-state index in [2.05, 4.69) is 0 Å². The molecule has 2 nitrogen and oxygen atoms in total. The predicted molar refractivity (Wildman–Crippen MR) is 125 cm³/mol. The quantitative estimate of drug-likeness (QED) is 0.264. The van der Waals surface area contributed by atoms with Crippen LogP contribution in [0, 0.1) is 17.5 Å². The average Bonchev–Trinajstić information content (AvgIpc) is 2.83. The Kier molecular flexibility index (Phi) is 5.17. The number of halogens is 3. The third kappa shape index (κ3) is 3.46. The summed E-state index contributed by atoms with van der Waals surface area (Å²) in [7, 11) is 2.94. The van der Waals surface area contributed by atoms with E-state index in [4.69, 9.17) is 9.47 Å². The van der Waals surface area contributed by atoms with Gasteiger partial charge < -0.3 is 9.47 Å². The van der Waals surface area contributed by atoms with Gasteiger partial charge in [0.25, 0.3) is 0 Å². The van der Waals surface area contributed by atoms with Crippen molar-refractivity contribution in [2.75, 3.05) is 14.2 Å². The Balaban J connectivity index is 1.96. The largest absolute Gasteiger partial charge is 0.497 e. The predicted octanol–water partition coefficient (Wildman–Crippen LogP) is 7.76. The van der Waals surface area contributed by atoms with E-state index in [1.807, 2.05) is 36.4 Å². The van der Waals surface area contributed by atoms with Crippen molar-refractivity contribution >= 4 is 21.5 Å². The Morgan fingerprint density at radius 1 is 0.515 bits per heavy atom. The SMILES string of the molecule is COc1ccc(-c2c3ccccc3c(-c3c(F)cc(OC)cc3F)c3cc(F)ccc23)cc1. The number of ether oxygens (including phenoxy) is 2. The molecule has 0 heterocycles. The third-order valence-electron chi connectivity index (χ3n) is 5.87. The van der Waals surface area contributed by atoms with E-state index in [-0.39, 0.29) is 11.3 Å². The minimum Gasteiger partial charge on any atom is -0.497 e. The molecule has 5 heteroatoms. The molecule has 0 saturated carbocycles. The van der Waals surface area contributed by atoms with Crippen LogP contribution in [0.1, 0.15) is 0 Å². The molecule has 0 aliphatic rings. The number of rotatable bonds is 4. The molecule has 0 spiro atoms. The lowest BCUT2D eigenvalue weighted by molar-refractivity contribution is 0.407. The number of hydrogen-bond donors (Lipinski definition) is 0. The van der Waals surface area contributed by atoms with Crippen LogP contribution in [0.3, 0.4) is 0 Å². The number of benzene rings is 5. The average molecular weight is 444 g/mol. The Labute approximate surface area is 188 Å². The number of methoxy groups -OCH3 is 2. The van der Waals surface area contributed by atoms with E-state index < -0.39 is 17.5 Å². The minimum atomic E-state index is -0.778. The second-order valence-corrected chi connectivity index (χ2v) is 7.68. The third-order valence-corrected chi connectivity index (χ3v) is 5.87. The van der Waals surface area contributed by atoms with Crippen molar-refractivity contribution in [3.63, 3.8) is 0 Å². The molecule has 0 N–H and O–H groups in total. The molecule has 0 saturated heterocycles. The zero-order valence-corrected chi connectivity index (χ0v) is 18.0. The highest BCUT2D eigenvalue weighted by Gasteiger charge is 2.22. The highest BCUT2D eigenvalue weighted by atomic mass is 19.1. The van der Waals surface area contributed by atoms with E-state index in [1.165, 1.54) is 19.2 Å². The summed E-state index contributed by atoms with van der Waals surface area (Å²) in [4.78, 5) is 0. The van der Waals surface area contributed by atoms with Gasteiger partial charge in [0.1, 0.15) is 29.0 Å². The van der Waals surface area contributed by atoms with Crippen molar-refractivity contribution in [2.45, 2.75) is 0 Å². The van der Waals surface area contributed by atoms with Crippen LogP contribution >= 0.6 is 0 Å². The van der Waals surface area contributed by atoms with Crippen LogP contribution in [0.2, 0.25) is 0 Å². The van der Waals surface area contributed by atoms with Crippen LogP contribution in [0.15, 0.2) is 78.9 Å². The van der Waals surface area contributed by atoms with Crippen molar-refractivity contribution in [1.29, 1.82) is 0 Å². The Morgan fingerprint density at radius 2 is 1.09 bits per heavy atom. The van der Waals surface area contributed by atoms with Crippen LogP contribution in [0.25, 0.3) is 43.8 Å². The molecule has 164 valence electrons. The second-order valence-electron chi connectivity index (χ2n) is 7.68. The topological polar surface area (TPSA) is 18.5 Å². The summed E-state index contributed by atoms with van der Waals surface area (Å²) in [6.07, 6.45) is 0. The highest BCUT2D eigenvalue weighted by molar-refractivity contribution is 6.21. The Morgan fingerprint density at radius 3 is 1.70 bits per heavy atom. The molecule has 0 aliphatic heterocycles. The first-order valence-electron chi connectivity index (χ1n) is 10.3. The van der Waals surface area contributed by atoms with Gasteiger partial charge in [-0.25, -0.2) is 13.2 Å². The summed E-state index contributed by atoms with van der Waals surface area (Å²) in [6, 6.07) is 21.5. The van der Waals surface area contributed by atoms with Gasteiger partial charge in [-0.2, -0.15) is 0 Å². The van der Waals surface area contributed by atoms with Gasteiger partial charge in [0.15, 0.2) is 0 Å². The Hall–Kier alpha value is -3.99. The molecule has 0 fully saturated rings. The second kappa shape index (κ2) is 8.17. The molecule has 0 aromatic heterocycles. The van der Waals surface area contributed by atoms with Gasteiger partial charge >= 0.3 is 0 Å². The van der Waals surface area contributed by atoms with Crippen molar-refractivity contribution in [3.8, 4) is 33.8 Å². The highest BCUT2D eigenvalue weighted by Crippen LogP contribution is 2.45. The van der Waals surface area contributed by atoms with Crippen molar-refractivity contribution in [3.05, 3.63) is 96.3 Å². The summed E-state index contributed by atoms with van der Waals surface area (Å²) in [6.45, 7) is 0. The normalized spacial score (nSPS) is 11.2. The molecule has 0 radical (unpaired) electrons. The van der Waals surface area contributed by atoms with E-state index >= 15 is 8.78 Å². The number of fused-ring (bicyclic) bond motifs is 2. The fourth-order valence-electron chi connectivity index (χ4n) is 4.40. The smallest absolute Gasteiger partial charge is 0.137 e. The van der Waals surface area contributed by atoms with E-state index in [9.17, 15) is 4.39 Å². The monoisotopic (exact) mass is 444 g/mol. The van der Waals surface area contributed by atoms with E-state index in [0.29, 0.717) is 27.5 Å². The minimum absolute atomic E-state index is 0.0726. The van der Waals surface area contributed by atoms with Crippen LogP contribution in [0.5, 0.6) is 11.5 Å². The molecule has 0 unspecified atom stereocenters. The summed E-state index contributed by atoms with van der Waals surface area (Å²) in [5.41, 5.74) is 1.81. The standard InChI is InChI=1S/C28H19F3O2/c1-32-18-10-7-16(8-11-18)26-20-5-3-4-6-21(20)27(23-13-17(29)9-12-22(23)26)28-24(30)14-19(33-2)15-25(28)31/h3-15H,1-2H3. The first-order chi connectivity index (χ1) is 16.0. The summed E-state index contributed by atoms with van der Waals surface area (Å²) in [5.74, 6) is -1.27. The molecule has 0 amide bonds. The molecule has 0 atom stereocenters. The maximum Gasteiger partial charge on any atom is 0.137 e. The van der Waals surface area contributed by atoms with Gasteiger partial charge in [0, 0.05) is 17.7 Å². The van der Waals surface area contributed by atoms with Crippen molar-refractivity contribution in [2.24, 2.45) is 0 Å². The van der Waals surface area contributed by atoms with Crippen molar-refractivity contribution in [1.82, 2.24) is 0 Å². The van der Waals surface area contributed by atoms with Gasteiger partial charge in [-0.05, 0) is 56.9 Å². The maximum atomic E-state index is 15.2. The van der Waals surface area contributed by atoms with Gasteiger partial charge in [-0.3, -0.25) is 0 Å². The molecular formula is C28H19F3O2. The molecule has 5 aromatic carbocycles. The summed E-state index contributed by atoms with van der Waals surface area (Å²) >= 11 is 0. The molecular weight excluding hydrogens is 425 g/mol. The zero-order chi connectivity index (χ0) is 23.1. The molecule has 33 heavy (non-hydrogen) atoms. The fourth-order valence-corrected chi connectivity index (χ4v) is 4.40. The van der Waals surface area contributed by atoms with E-state index in [0.717, 1.165) is 28.6 Å². The first-order valence-corrected chi connectivity index (χ1v) is 10.3. The van der Waals surface area contributed by atoms with Crippen LogP contribution in [0.4, 0.5) is 13.2 Å². The lowest BCUT2D eigenvalue weighted by Crippen LogP contribution is -1.97. The van der Waals surface area contributed by atoms with E-state index in [1.54, 1.807) is 25.3 Å². The van der Waals surface area contributed by atoms with Crippen LogP contribution in [-0.4, -0.2) is 14.2 Å². The lowest BCUT2D eigenvalue weighted by atomic mass is 9.85. The summed E-state index contributed by atoms with van der Waals surface area (Å²) in [5, 5.41) is 2.52. The lowest BCUT2D eigenvalue weighted by Gasteiger charge is -2.19. The number of hydrogen-bond acceptors (Lipinski definition) is 2. The molecule has 5 aromatic rings. The van der Waals surface area contributed by atoms with Gasteiger partial charge in [0.2, 0.25) is 0 Å². The van der Waals surface area contributed by atoms with Gasteiger partial charge in [0.05, 0.1) is 19.8 Å². The Bertz CT molecular complexity index is 1490. The summed E-state index contributed by atoms with van der Waals surface area (Å²) < 4.78 is 55.2. The molecule has 0 aliphatic carbocycles. The maximum absolute atomic E-state index is 15.2. The first kappa shape index (κ1) is 20.9.